The molecule has 0 aromatic rings. The van der Waals surface area contributed by atoms with E-state index >= 15 is 0 Å². The number of hydrogen-bond acceptors (Lipinski definition) is 2. The van der Waals surface area contributed by atoms with E-state index in [-0.39, 0.29) is 0 Å². The maximum absolute atomic E-state index is 11.4. The quantitative estimate of drug-likeness (QED) is 0.524. The van der Waals surface area contributed by atoms with Crippen molar-refractivity contribution >= 4 is 11.1 Å². The molecule has 0 radical (unpaired) electrons. The van der Waals surface area contributed by atoms with Crippen LogP contribution in [0.5, 0.6) is 0 Å². The zero-order chi connectivity index (χ0) is 6.57. The van der Waals surface area contributed by atoms with Crippen LogP contribution in [0.2, 0.25) is 0 Å². The summed E-state index contributed by atoms with van der Waals surface area (Å²) in [5.41, 5.74) is 0. The average Bonchev–Trinajstić information content (AvgIpc) is 1.69. The normalized spacial score (nSPS) is 17.9. The molecule has 0 saturated heterocycles. The molecule has 0 rings (SSSR count). The van der Waals surface area contributed by atoms with Crippen LogP contribution in [0.3, 0.4) is 0 Å². The number of halogens is 1. The van der Waals surface area contributed by atoms with Crippen molar-refractivity contribution in [1.82, 2.24) is 0 Å². The largest absolute Gasteiger partial charge is 0.395 e. The van der Waals surface area contributed by atoms with Gasteiger partial charge in [0.2, 0.25) is 0 Å². The second kappa shape index (κ2) is 3.94. The molecule has 0 bridgehead atoms. The number of alkyl halides is 1. The zero-order valence-corrected chi connectivity index (χ0v) is 4.90. The van der Waals surface area contributed by atoms with Crippen LogP contribution < -0.4 is 0 Å². The Morgan fingerprint density at radius 1 is 1.75 bits per heavy atom. The second-order valence-electron chi connectivity index (χ2n) is 1.24. The van der Waals surface area contributed by atoms with Gasteiger partial charge in [0.1, 0.15) is 11.9 Å². The first kappa shape index (κ1) is 8.00. The van der Waals surface area contributed by atoms with Crippen molar-refractivity contribution in [2.24, 2.45) is 0 Å². The third-order valence-corrected chi connectivity index (χ3v) is 1.51. The molecule has 0 spiro atoms. The van der Waals surface area contributed by atoms with Crippen LogP contribution in [0.4, 0.5) is 4.39 Å². The Morgan fingerprint density at radius 2 is 2.25 bits per heavy atom. The molecule has 2 N–H and O–H groups in total. The van der Waals surface area contributed by atoms with Crippen molar-refractivity contribution in [3.05, 3.63) is 0 Å². The molecular formula is C3H7FO3S. The minimum Gasteiger partial charge on any atom is -0.395 e. The number of rotatable bonds is 3. The van der Waals surface area contributed by atoms with Gasteiger partial charge in [0.05, 0.1) is 6.61 Å². The summed E-state index contributed by atoms with van der Waals surface area (Å²) < 4.78 is 29.4. The van der Waals surface area contributed by atoms with Crippen LogP contribution in [-0.4, -0.2) is 32.4 Å². The Bertz CT molecular complexity index is 82.6. The zero-order valence-electron chi connectivity index (χ0n) is 4.08. The van der Waals surface area contributed by atoms with Crippen molar-refractivity contribution in [3.8, 4) is 0 Å². The fourth-order valence-electron chi connectivity index (χ4n) is 0.166. The summed E-state index contributed by atoms with van der Waals surface area (Å²) in [6, 6.07) is 0. The summed E-state index contributed by atoms with van der Waals surface area (Å²) in [4.78, 5) is 0. The van der Waals surface area contributed by atoms with E-state index in [1.54, 1.807) is 0 Å². The molecule has 0 aliphatic rings. The molecule has 0 aliphatic carbocycles. The third-order valence-electron chi connectivity index (χ3n) is 0.661. The van der Waals surface area contributed by atoms with Gasteiger partial charge >= 0.3 is 0 Å². The van der Waals surface area contributed by atoms with Crippen molar-refractivity contribution in [1.29, 1.82) is 0 Å². The van der Waals surface area contributed by atoms with Crippen LogP contribution in [-0.2, 0) is 11.1 Å². The van der Waals surface area contributed by atoms with E-state index in [0.717, 1.165) is 0 Å². The van der Waals surface area contributed by atoms with Gasteiger partial charge in [-0.2, -0.15) is 0 Å². The standard InChI is InChI=1S/C3H7FO3S/c4-1-3(2-5)8(6)7/h3,5H,1-2H2,(H,6,7). The van der Waals surface area contributed by atoms with Crippen molar-refractivity contribution < 1.29 is 18.3 Å². The van der Waals surface area contributed by atoms with Crippen LogP contribution >= 0.6 is 0 Å². The van der Waals surface area contributed by atoms with Crippen LogP contribution in [0, 0.1) is 0 Å². The second-order valence-corrected chi connectivity index (χ2v) is 2.45. The Kier molecular flexibility index (Phi) is 3.94. The van der Waals surface area contributed by atoms with Crippen molar-refractivity contribution in [2.75, 3.05) is 13.3 Å². The lowest BCUT2D eigenvalue weighted by Gasteiger charge is -2.00. The SMILES string of the molecule is O=S(O)C(CO)CF. The Hall–Kier alpha value is -0.0000000000000000555. The highest BCUT2D eigenvalue weighted by Crippen LogP contribution is 1.91. The van der Waals surface area contributed by atoms with E-state index in [1.807, 2.05) is 0 Å². The summed E-state index contributed by atoms with van der Waals surface area (Å²) in [5.74, 6) is 0. The lowest BCUT2D eigenvalue weighted by atomic mass is 10.5. The number of hydrogen-bond donors (Lipinski definition) is 2. The maximum Gasteiger partial charge on any atom is 0.161 e. The van der Waals surface area contributed by atoms with Crippen LogP contribution in [0.25, 0.3) is 0 Å². The highest BCUT2D eigenvalue weighted by molar-refractivity contribution is 7.79. The van der Waals surface area contributed by atoms with E-state index in [0.29, 0.717) is 0 Å². The molecule has 5 heteroatoms. The maximum atomic E-state index is 11.4. The molecule has 0 aromatic heterocycles. The number of aliphatic hydroxyl groups is 1. The summed E-state index contributed by atoms with van der Waals surface area (Å²) in [6.45, 7) is -1.54. The fourth-order valence-corrected chi connectivity index (χ4v) is 0.402. The van der Waals surface area contributed by atoms with E-state index in [4.69, 9.17) is 9.66 Å². The lowest BCUT2D eigenvalue weighted by Crippen LogP contribution is -2.20. The van der Waals surface area contributed by atoms with Crippen molar-refractivity contribution in [3.63, 3.8) is 0 Å². The number of aliphatic hydroxyl groups excluding tert-OH is 1. The fraction of sp³-hybridized carbons (Fsp3) is 1.00. The van der Waals surface area contributed by atoms with Gasteiger partial charge in [-0.05, 0) is 0 Å². The van der Waals surface area contributed by atoms with Gasteiger partial charge in [-0.3, -0.25) is 0 Å². The van der Waals surface area contributed by atoms with E-state index < -0.39 is 29.6 Å². The predicted molar refractivity (Wildman–Crippen MR) is 27.6 cm³/mol. The Morgan fingerprint density at radius 3 is 2.25 bits per heavy atom. The minimum absolute atomic E-state index is 0.584. The molecule has 0 heterocycles. The highest BCUT2D eigenvalue weighted by atomic mass is 32.2. The molecule has 8 heavy (non-hydrogen) atoms. The first-order valence-corrected chi connectivity index (χ1v) is 3.15. The van der Waals surface area contributed by atoms with Crippen LogP contribution in [0.1, 0.15) is 0 Å². The van der Waals surface area contributed by atoms with E-state index in [9.17, 15) is 8.60 Å². The summed E-state index contributed by atoms with van der Waals surface area (Å²) in [7, 11) is 0. The van der Waals surface area contributed by atoms with Gasteiger partial charge < -0.3 is 9.66 Å². The predicted octanol–water partition coefficient (Wildman–Crippen LogP) is -0.462. The highest BCUT2D eigenvalue weighted by Gasteiger charge is 2.11. The first-order chi connectivity index (χ1) is 3.72. The van der Waals surface area contributed by atoms with Crippen LogP contribution in [0.15, 0.2) is 0 Å². The Labute approximate surface area is 48.8 Å². The molecule has 0 fully saturated rings. The van der Waals surface area contributed by atoms with Gasteiger partial charge in [-0.1, -0.05) is 0 Å². The average molecular weight is 142 g/mol. The van der Waals surface area contributed by atoms with Gasteiger partial charge in [0, 0.05) is 0 Å². The molecular weight excluding hydrogens is 135 g/mol. The lowest BCUT2D eigenvalue weighted by molar-refractivity contribution is 0.269. The Balaban J connectivity index is 3.52. The van der Waals surface area contributed by atoms with Gasteiger partial charge in [0.25, 0.3) is 0 Å². The summed E-state index contributed by atoms with van der Waals surface area (Å²) >= 11 is -2.23. The molecule has 2 atom stereocenters. The first-order valence-electron chi connectivity index (χ1n) is 1.98. The molecule has 0 amide bonds. The molecule has 0 aromatic carbocycles. The smallest absolute Gasteiger partial charge is 0.161 e. The minimum atomic E-state index is -2.23. The summed E-state index contributed by atoms with van der Waals surface area (Å²) in [6.07, 6.45) is 0. The van der Waals surface area contributed by atoms with Gasteiger partial charge in [-0.25, -0.2) is 8.60 Å². The monoisotopic (exact) mass is 142 g/mol. The van der Waals surface area contributed by atoms with Gasteiger partial charge in [-0.15, -0.1) is 0 Å². The van der Waals surface area contributed by atoms with E-state index in [1.165, 1.54) is 0 Å². The van der Waals surface area contributed by atoms with Gasteiger partial charge in [0.15, 0.2) is 11.1 Å². The summed E-state index contributed by atoms with van der Waals surface area (Å²) in [5, 5.41) is 6.97. The topological polar surface area (TPSA) is 57.5 Å². The molecule has 50 valence electrons. The molecule has 0 aliphatic heterocycles. The molecule has 0 saturated carbocycles. The third kappa shape index (κ3) is 2.34. The molecule has 2 unspecified atom stereocenters. The molecule has 3 nitrogen and oxygen atoms in total. The van der Waals surface area contributed by atoms with E-state index in [2.05, 4.69) is 0 Å². The van der Waals surface area contributed by atoms with Crippen molar-refractivity contribution in [2.45, 2.75) is 5.25 Å².